The van der Waals surface area contributed by atoms with Gasteiger partial charge >= 0.3 is 5.97 Å². The van der Waals surface area contributed by atoms with Crippen LogP contribution < -0.4 is 5.32 Å². The fraction of sp³-hybridized carbons (Fsp3) is 0.467. The second-order valence-corrected chi connectivity index (χ2v) is 5.97. The third-order valence-electron chi connectivity index (χ3n) is 2.99. The number of carboxylic acids is 1. The summed E-state index contributed by atoms with van der Waals surface area (Å²) in [5.41, 5.74) is 3.76. The summed E-state index contributed by atoms with van der Waals surface area (Å²) in [6, 6.07) is 5.55. The topological polar surface area (TPSA) is 66.4 Å². The van der Waals surface area contributed by atoms with Crippen molar-refractivity contribution in [3.63, 3.8) is 0 Å². The van der Waals surface area contributed by atoms with Crippen LogP contribution in [0, 0.1) is 13.8 Å². The van der Waals surface area contributed by atoms with Crippen molar-refractivity contribution in [1.29, 1.82) is 0 Å². The van der Waals surface area contributed by atoms with Crippen LogP contribution in [0.4, 0.5) is 0 Å². The van der Waals surface area contributed by atoms with E-state index in [4.69, 9.17) is 5.11 Å². The highest BCUT2D eigenvalue weighted by Gasteiger charge is 2.17. The summed E-state index contributed by atoms with van der Waals surface area (Å²) in [6.45, 7) is 5.47. The summed E-state index contributed by atoms with van der Waals surface area (Å²) < 4.78 is 0. The van der Waals surface area contributed by atoms with Gasteiger partial charge in [0.25, 0.3) is 0 Å². The van der Waals surface area contributed by atoms with Crippen molar-refractivity contribution < 1.29 is 14.7 Å². The van der Waals surface area contributed by atoms with E-state index in [0.29, 0.717) is 12.2 Å². The number of carbonyl (C=O) groups is 2. The van der Waals surface area contributed by atoms with E-state index in [-0.39, 0.29) is 5.91 Å². The van der Waals surface area contributed by atoms with Gasteiger partial charge in [-0.3, -0.25) is 4.79 Å². The van der Waals surface area contributed by atoms with Crippen molar-refractivity contribution in [3.8, 4) is 0 Å². The number of aryl methyl sites for hydroxylation is 2. The fourth-order valence-electron chi connectivity index (χ4n) is 1.84. The number of thioether (sulfide) groups is 1. The molecule has 0 aliphatic rings. The number of hydrogen-bond donors (Lipinski definition) is 2. The van der Waals surface area contributed by atoms with E-state index in [2.05, 4.69) is 37.4 Å². The molecule has 0 aliphatic carbocycles. The van der Waals surface area contributed by atoms with Crippen LogP contribution in [0.5, 0.6) is 0 Å². The lowest BCUT2D eigenvalue weighted by Gasteiger charge is -2.13. The van der Waals surface area contributed by atoms with Crippen LogP contribution in [0.15, 0.2) is 18.2 Å². The SMILES string of the molecule is CC(=O)NC(CCSCc1cc(C)ccc1C)C(=O)O. The summed E-state index contributed by atoms with van der Waals surface area (Å²) in [6.07, 6.45) is 0.435. The zero-order chi connectivity index (χ0) is 15.1. The molecule has 5 heteroatoms. The molecular weight excluding hydrogens is 274 g/mol. The Labute approximate surface area is 124 Å². The number of benzene rings is 1. The largest absolute Gasteiger partial charge is 0.480 e. The highest BCUT2D eigenvalue weighted by molar-refractivity contribution is 7.98. The number of aliphatic carboxylic acids is 1. The standard InChI is InChI=1S/C15H21NO3S/c1-10-4-5-11(2)13(8-10)9-20-7-6-14(15(18)19)16-12(3)17/h4-5,8,14H,6-7,9H2,1-3H3,(H,16,17)(H,18,19). The Bertz CT molecular complexity index is 488. The fourth-order valence-corrected chi connectivity index (χ4v) is 2.92. The van der Waals surface area contributed by atoms with Gasteiger partial charge in [0.05, 0.1) is 0 Å². The highest BCUT2D eigenvalue weighted by atomic mass is 32.2. The molecule has 1 amide bonds. The van der Waals surface area contributed by atoms with E-state index >= 15 is 0 Å². The molecule has 0 spiro atoms. The average Bonchev–Trinajstić information content (AvgIpc) is 2.36. The molecule has 0 saturated carbocycles. The third-order valence-corrected chi connectivity index (χ3v) is 4.03. The zero-order valence-corrected chi connectivity index (χ0v) is 12.9. The molecule has 0 bridgehead atoms. The van der Waals surface area contributed by atoms with Crippen LogP contribution >= 0.6 is 11.8 Å². The first kappa shape index (κ1) is 16.6. The van der Waals surface area contributed by atoms with E-state index in [0.717, 1.165) is 5.75 Å². The summed E-state index contributed by atoms with van der Waals surface area (Å²) in [7, 11) is 0. The van der Waals surface area contributed by atoms with Gasteiger partial charge in [-0.25, -0.2) is 4.79 Å². The van der Waals surface area contributed by atoms with Crippen LogP contribution in [0.2, 0.25) is 0 Å². The second-order valence-electron chi connectivity index (χ2n) is 4.86. The van der Waals surface area contributed by atoms with Gasteiger partial charge in [-0.15, -0.1) is 0 Å². The molecule has 4 nitrogen and oxygen atoms in total. The van der Waals surface area contributed by atoms with E-state index < -0.39 is 12.0 Å². The van der Waals surface area contributed by atoms with Gasteiger partial charge in [-0.2, -0.15) is 11.8 Å². The van der Waals surface area contributed by atoms with Crippen molar-refractivity contribution in [2.24, 2.45) is 0 Å². The van der Waals surface area contributed by atoms with Crippen molar-refractivity contribution >= 4 is 23.6 Å². The second kappa shape index (κ2) is 7.94. The summed E-state index contributed by atoms with van der Waals surface area (Å²) in [5, 5.41) is 11.4. The van der Waals surface area contributed by atoms with Gasteiger partial charge < -0.3 is 10.4 Å². The van der Waals surface area contributed by atoms with Crippen molar-refractivity contribution in [1.82, 2.24) is 5.32 Å². The lowest BCUT2D eigenvalue weighted by Crippen LogP contribution is -2.39. The lowest BCUT2D eigenvalue weighted by molar-refractivity contribution is -0.141. The monoisotopic (exact) mass is 295 g/mol. The Morgan fingerprint density at radius 2 is 2.05 bits per heavy atom. The first-order valence-corrected chi connectivity index (χ1v) is 7.69. The molecule has 0 fully saturated rings. The van der Waals surface area contributed by atoms with Crippen LogP contribution in [-0.2, 0) is 15.3 Å². The number of carbonyl (C=O) groups excluding carboxylic acids is 1. The Kier molecular flexibility index (Phi) is 6.58. The van der Waals surface area contributed by atoms with Gasteiger partial charge in [-0.1, -0.05) is 23.8 Å². The molecule has 1 aromatic carbocycles. The van der Waals surface area contributed by atoms with Gasteiger partial charge in [0.2, 0.25) is 5.91 Å². The van der Waals surface area contributed by atoms with Gasteiger partial charge in [0, 0.05) is 12.7 Å². The van der Waals surface area contributed by atoms with Crippen molar-refractivity contribution in [3.05, 3.63) is 34.9 Å². The van der Waals surface area contributed by atoms with E-state index in [1.807, 2.05) is 0 Å². The van der Waals surface area contributed by atoms with Gasteiger partial charge in [0.1, 0.15) is 6.04 Å². The minimum Gasteiger partial charge on any atom is -0.480 e. The van der Waals surface area contributed by atoms with E-state index in [1.54, 1.807) is 11.8 Å². The number of amides is 1. The molecule has 2 N–H and O–H groups in total. The predicted octanol–water partition coefficient (Wildman–Crippen LogP) is 2.52. The molecule has 0 saturated heterocycles. The van der Waals surface area contributed by atoms with Crippen molar-refractivity contribution in [2.75, 3.05) is 5.75 Å². The average molecular weight is 295 g/mol. The maximum atomic E-state index is 11.0. The Balaban J connectivity index is 2.42. The number of carboxylic acid groups (broad SMARTS) is 1. The lowest BCUT2D eigenvalue weighted by atomic mass is 10.1. The Hall–Kier alpha value is -1.49. The first-order chi connectivity index (χ1) is 9.40. The molecule has 110 valence electrons. The first-order valence-electron chi connectivity index (χ1n) is 6.54. The molecular formula is C15H21NO3S. The molecule has 20 heavy (non-hydrogen) atoms. The van der Waals surface area contributed by atoms with Gasteiger partial charge in [0.15, 0.2) is 0 Å². The molecule has 0 heterocycles. The van der Waals surface area contributed by atoms with Crippen molar-refractivity contribution in [2.45, 2.75) is 39.0 Å². The molecule has 1 aromatic rings. The third kappa shape index (κ3) is 5.65. The van der Waals surface area contributed by atoms with Gasteiger partial charge in [-0.05, 0) is 37.1 Å². The van der Waals surface area contributed by atoms with E-state index in [9.17, 15) is 9.59 Å². The highest BCUT2D eigenvalue weighted by Crippen LogP contribution is 2.18. The molecule has 1 rings (SSSR count). The number of hydrogen-bond acceptors (Lipinski definition) is 3. The van der Waals surface area contributed by atoms with Crippen LogP contribution in [0.3, 0.4) is 0 Å². The maximum absolute atomic E-state index is 11.0. The summed E-state index contributed by atoms with van der Waals surface area (Å²) in [4.78, 5) is 21.9. The summed E-state index contributed by atoms with van der Waals surface area (Å²) >= 11 is 1.69. The normalized spacial score (nSPS) is 11.9. The maximum Gasteiger partial charge on any atom is 0.326 e. The minimum atomic E-state index is -0.979. The predicted molar refractivity (Wildman–Crippen MR) is 81.9 cm³/mol. The molecule has 1 unspecified atom stereocenters. The number of nitrogens with one attached hydrogen (secondary N) is 1. The smallest absolute Gasteiger partial charge is 0.326 e. The Morgan fingerprint density at radius 3 is 2.65 bits per heavy atom. The minimum absolute atomic E-state index is 0.308. The molecule has 1 atom stereocenters. The summed E-state index contributed by atoms with van der Waals surface area (Å²) in [5.74, 6) is 0.273. The Morgan fingerprint density at radius 1 is 1.35 bits per heavy atom. The molecule has 0 aliphatic heterocycles. The zero-order valence-electron chi connectivity index (χ0n) is 12.1. The quantitative estimate of drug-likeness (QED) is 0.759. The molecule has 0 radical (unpaired) electrons. The van der Waals surface area contributed by atoms with Crippen LogP contribution in [0.25, 0.3) is 0 Å². The van der Waals surface area contributed by atoms with E-state index in [1.165, 1.54) is 23.6 Å². The van der Waals surface area contributed by atoms with Crippen LogP contribution in [-0.4, -0.2) is 28.8 Å². The molecule has 0 aromatic heterocycles. The number of rotatable bonds is 7. The van der Waals surface area contributed by atoms with Crippen LogP contribution in [0.1, 0.15) is 30.0 Å².